The van der Waals surface area contributed by atoms with Crippen molar-refractivity contribution in [2.45, 2.75) is 140 Å². The van der Waals surface area contributed by atoms with Gasteiger partial charge in [0.05, 0.1) is 36.7 Å². The maximum atomic E-state index is 14.9. The van der Waals surface area contributed by atoms with Gasteiger partial charge in [0, 0.05) is 68.8 Å². The number of hydrazine groups is 1. The molecular formula is C54H69FN8O8. The summed E-state index contributed by atoms with van der Waals surface area (Å²) in [6.45, 7) is 8.92. The third-order valence-corrected chi connectivity index (χ3v) is 15.5. The summed E-state index contributed by atoms with van der Waals surface area (Å²) in [5.74, 6) is -2.59. The van der Waals surface area contributed by atoms with Crippen molar-refractivity contribution >= 4 is 40.5 Å². The number of phenols is 1. The van der Waals surface area contributed by atoms with E-state index in [1.165, 1.54) is 21.9 Å². The highest BCUT2D eigenvalue weighted by molar-refractivity contribution is 5.96. The van der Waals surface area contributed by atoms with Gasteiger partial charge in [-0.2, -0.15) is 0 Å². The van der Waals surface area contributed by atoms with E-state index in [1.807, 2.05) is 25.1 Å². The number of hydrogen-bond donors (Lipinski definition) is 4. The number of halogens is 1. The molecule has 4 N–H and O–H groups in total. The second kappa shape index (κ2) is 19.9. The zero-order chi connectivity index (χ0) is 50.5. The van der Waals surface area contributed by atoms with Crippen LogP contribution in [-0.2, 0) is 52.8 Å². The molecule has 6 atom stereocenters. The van der Waals surface area contributed by atoms with Crippen LogP contribution in [0, 0.1) is 11.3 Å². The second-order valence-corrected chi connectivity index (χ2v) is 21.4. The van der Waals surface area contributed by atoms with Gasteiger partial charge in [0.1, 0.15) is 35.6 Å². The number of ether oxygens (including phenoxy) is 2. The number of esters is 1. The number of benzene rings is 2. The van der Waals surface area contributed by atoms with Gasteiger partial charge in [-0.25, -0.2) is 9.82 Å². The van der Waals surface area contributed by atoms with Crippen molar-refractivity contribution in [3.63, 3.8) is 0 Å². The van der Waals surface area contributed by atoms with Crippen molar-refractivity contribution in [1.29, 1.82) is 0 Å². The normalized spacial score (nSPS) is 23.9. The van der Waals surface area contributed by atoms with Gasteiger partial charge in [-0.3, -0.25) is 39.3 Å². The Hall–Kier alpha value is -5.91. The standard InChI is InChI=1S/C54H69FN8O8/c1-8-62-42-18-17-34-27-38(42)39(47(62)37-15-11-21-56-44(37)31(2)70-7)28-53(3,4)30-71-52(69)40-16-12-22-63(59-40)50(67)41(25-32-23-35(34)26-36(64)24-32)57-49(66)46(33-13-9-10-14-33)61(6)43(65)29-60(5)51(68)45-48(58-45)54(55)19-20-54/h11,15,17-18,21,23-24,26-27,31,33,40-41,45-46,48,58-59,64H,8-10,12-14,16,19-20,22,25,28-30H2,1-7H3,(H,57,66)/t31-,40-,41-,45-,46?,48+/m0/s1. The van der Waals surface area contributed by atoms with Crippen LogP contribution in [0.4, 0.5) is 4.39 Å². The number of hydrogen-bond acceptors (Lipinski definition) is 11. The van der Waals surface area contributed by atoms with E-state index >= 15 is 0 Å². The lowest BCUT2D eigenvalue weighted by Gasteiger charge is -2.37. The third-order valence-electron chi connectivity index (χ3n) is 15.5. The summed E-state index contributed by atoms with van der Waals surface area (Å²) in [4.78, 5) is 78.5. The number of methoxy groups -OCH3 is 1. The molecule has 71 heavy (non-hydrogen) atoms. The fraction of sp³-hybridized carbons (Fsp3) is 0.556. The molecule has 2 saturated heterocycles. The molecule has 5 aliphatic rings. The number of aromatic hydroxyl groups is 1. The Kier molecular flexibility index (Phi) is 14.1. The molecule has 17 heteroatoms. The Morgan fingerprint density at radius 1 is 1.04 bits per heavy atom. The molecule has 4 aromatic rings. The average molecular weight is 977 g/mol. The first-order chi connectivity index (χ1) is 33.9. The number of rotatable bonds is 12. The summed E-state index contributed by atoms with van der Waals surface area (Å²) in [6, 6.07) is 11.2. The number of phenolic OH excluding ortho intramolecular Hbond substituents is 1. The van der Waals surface area contributed by atoms with Crippen LogP contribution in [0.2, 0.25) is 0 Å². The van der Waals surface area contributed by atoms with Gasteiger partial charge in [0.25, 0.3) is 5.91 Å². The number of fused-ring (bicyclic) bond motifs is 6. The molecule has 2 aromatic heterocycles. The predicted octanol–water partition coefficient (Wildman–Crippen LogP) is 5.77. The Balaban J connectivity index is 1.07. The first-order valence-corrected chi connectivity index (χ1v) is 25.4. The number of cyclic esters (lactones) is 1. The van der Waals surface area contributed by atoms with E-state index in [0.717, 1.165) is 51.8 Å². The predicted molar refractivity (Wildman–Crippen MR) is 265 cm³/mol. The molecule has 4 fully saturated rings. The van der Waals surface area contributed by atoms with E-state index in [1.54, 1.807) is 32.5 Å². The molecule has 380 valence electrons. The molecule has 1 unspecified atom stereocenters. The number of aryl methyl sites for hydroxylation is 1. The minimum atomic E-state index is -1.38. The van der Waals surface area contributed by atoms with Crippen LogP contribution >= 0.6 is 0 Å². The van der Waals surface area contributed by atoms with Crippen LogP contribution in [0.3, 0.4) is 0 Å². The van der Waals surface area contributed by atoms with Gasteiger partial charge < -0.3 is 34.3 Å². The zero-order valence-electron chi connectivity index (χ0n) is 42.1. The number of nitrogens with one attached hydrogen (secondary N) is 3. The van der Waals surface area contributed by atoms with Crippen LogP contribution in [0.1, 0.15) is 102 Å². The smallest absolute Gasteiger partial charge is 0.324 e. The summed E-state index contributed by atoms with van der Waals surface area (Å²) in [6.07, 6.45) is 6.81. The summed E-state index contributed by atoms with van der Waals surface area (Å²) < 4.78 is 29.0. The number of pyridine rings is 1. The summed E-state index contributed by atoms with van der Waals surface area (Å²) in [5, 5.41) is 19.8. The van der Waals surface area contributed by atoms with Gasteiger partial charge >= 0.3 is 5.97 Å². The molecule has 0 radical (unpaired) electrons. The van der Waals surface area contributed by atoms with Crippen LogP contribution in [0.25, 0.3) is 33.3 Å². The number of carbonyl (C=O) groups excluding carboxylic acids is 5. The highest BCUT2D eigenvalue weighted by atomic mass is 19.1. The lowest BCUT2D eigenvalue weighted by Crippen LogP contribution is -2.62. The maximum absolute atomic E-state index is 14.9. The summed E-state index contributed by atoms with van der Waals surface area (Å²) >= 11 is 0. The van der Waals surface area contributed by atoms with Crippen molar-refractivity contribution in [1.82, 2.24) is 40.4 Å². The average Bonchev–Trinajstić information content (AvgIpc) is 4.24. The van der Waals surface area contributed by atoms with Gasteiger partial charge in [-0.15, -0.1) is 0 Å². The van der Waals surface area contributed by atoms with E-state index < -0.39 is 65.0 Å². The third kappa shape index (κ3) is 10.3. The first-order valence-electron chi connectivity index (χ1n) is 25.4. The molecule has 2 saturated carbocycles. The van der Waals surface area contributed by atoms with Crippen molar-refractivity contribution in [2.24, 2.45) is 11.3 Å². The first kappa shape index (κ1) is 50.0. The summed E-state index contributed by atoms with van der Waals surface area (Å²) in [5.41, 5.74) is 8.08. The SMILES string of the molecule is CCn1c(-c2cccnc2[C@H](C)OC)c2c3cc(ccc31)-c1cc(O)cc(c1)C[C@H](NC(=O)C(C1CCCC1)N(C)C(=O)CN(C)C(=O)[C@H]1N[C@H]1C1(F)CC1)C(=O)N1CCC[C@H](N1)C(=O)OCC(C)(C)C2. The highest BCUT2D eigenvalue weighted by Gasteiger charge is 2.63. The van der Waals surface area contributed by atoms with Gasteiger partial charge in [-0.05, 0) is 123 Å². The molecule has 16 nitrogen and oxygen atoms in total. The molecule has 6 bridgehead atoms. The molecule has 2 aromatic carbocycles. The van der Waals surface area contributed by atoms with E-state index in [-0.39, 0.29) is 49.8 Å². The Bertz CT molecular complexity index is 2710. The van der Waals surface area contributed by atoms with E-state index in [9.17, 15) is 33.5 Å². The Labute approximate surface area is 415 Å². The summed E-state index contributed by atoms with van der Waals surface area (Å²) in [7, 11) is 4.72. The quantitative estimate of drug-likeness (QED) is 0.0994. The number of likely N-dealkylation sites (N-methyl/N-ethyl adjacent to an activating group) is 2. The van der Waals surface area contributed by atoms with Crippen LogP contribution in [0.15, 0.2) is 54.7 Å². The molecule has 3 aliphatic heterocycles. The van der Waals surface area contributed by atoms with E-state index in [0.29, 0.717) is 62.6 Å². The number of nitrogens with zero attached hydrogens (tertiary/aromatic N) is 5. The van der Waals surface area contributed by atoms with Crippen molar-refractivity contribution in [3.05, 3.63) is 71.5 Å². The second-order valence-electron chi connectivity index (χ2n) is 21.4. The fourth-order valence-corrected chi connectivity index (χ4v) is 11.3. The van der Waals surface area contributed by atoms with Crippen LogP contribution < -0.4 is 16.1 Å². The molecule has 4 amide bonds. The lowest BCUT2D eigenvalue weighted by molar-refractivity contribution is -0.155. The van der Waals surface area contributed by atoms with Gasteiger partial charge in [0.15, 0.2) is 0 Å². The van der Waals surface area contributed by atoms with Crippen LogP contribution in [-0.4, -0.2) is 136 Å². The minimum Gasteiger partial charge on any atom is -0.508 e. The molecule has 9 rings (SSSR count). The largest absolute Gasteiger partial charge is 0.508 e. The van der Waals surface area contributed by atoms with Crippen molar-refractivity contribution in [2.75, 3.05) is 40.9 Å². The lowest BCUT2D eigenvalue weighted by atomic mass is 9.84. The van der Waals surface area contributed by atoms with Crippen LogP contribution in [0.5, 0.6) is 5.75 Å². The number of alkyl halides is 1. The topological polar surface area (TPSA) is 198 Å². The van der Waals surface area contributed by atoms with Crippen molar-refractivity contribution < 1.29 is 42.9 Å². The number of aromatic nitrogens is 2. The zero-order valence-corrected chi connectivity index (χ0v) is 42.1. The molecular weight excluding hydrogens is 908 g/mol. The van der Waals surface area contributed by atoms with Gasteiger partial charge in [-0.1, -0.05) is 38.8 Å². The minimum absolute atomic E-state index is 0.0236. The molecule has 2 aliphatic carbocycles. The van der Waals surface area contributed by atoms with E-state index in [2.05, 4.69) is 59.6 Å². The highest BCUT2D eigenvalue weighted by Crippen LogP contribution is 2.48. The fourth-order valence-electron chi connectivity index (χ4n) is 11.3. The van der Waals surface area contributed by atoms with E-state index in [4.69, 9.17) is 14.5 Å². The maximum Gasteiger partial charge on any atom is 0.324 e. The molecule has 0 spiro atoms. The molecule has 5 heterocycles. The Morgan fingerprint density at radius 2 is 1.80 bits per heavy atom. The number of amides is 4. The van der Waals surface area contributed by atoms with Gasteiger partial charge in [0.2, 0.25) is 17.7 Å². The Morgan fingerprint density at radius 3 is 2.52 bits per heavy atom. The number of carbonyl (C=O) groups is 5. The monoisotopic (exact) mass is 977 g/mol. The van der Waals surface area contributed by atoms with Crippen molar-refractivity contribution in [3.8, 4) is 28.1 Å².